The van der Waals surface area contributed by atoms with Gasteiger partial charge in [0.25, 0.3) is 0 Å². The van der Waals surface area contributed by atoms with Crippen LogP contribution in [0, 0.1) is 0 Å². The first kappa shape index (κ1) is 27.8. The Kier molecular flexibility index (Phi) is 10.5. The topological polar surface area (TPSA) is 53.0 Å². The van der Waals surface area contributed by atoms with Gasteiger partial charge in [-0.1, -0.05) is 12.5 Å². The predicted molar refractivity (Wildman–Crippen MR) is 141 cm³/mol. The van der Waals surface area contributed by atoms with Gasteiger partial charge in [-0.3, -0.25) is 9.88 Å². The standard InChI is InChI=1S/C26H32N2O4.2ClH/c1-29-23-9-8-18(21(26(23)32-4)17-28-12-6-5-7-13-28)14-22-20-16-25(31-3)24(30-2)15-19(20)10-11-27-22;;/h8-11,15-16H,5-7,12-14,17H2,1-4H3;2*1H. The van der Waals surface area contributed by atoms with E-state index in [1.54, 1.807) is 28.4 Å². The number of hydrogen-bond acceptors (Lipinski definition) is 6. The Balaban J connectivity index is 0.00000204. The Bertz CT molecular complexity index is 1090. The van der Waals surface area contributed by atoms with Crippen LogP contribution in [0.2, 0.25) is 0 Å². The van der Waals surface area contributed by atoms with Crippen LogP contribution in [-0.4, -0.2) is 51.4 Å². The molecule has 0 radical (unpaired) electrons. The molecule has 2 aromatic carbocycles. The Morgan fingerprint density at radius 3 is 2.12 bits per heavy atom. The number of likely N-dealkylation sites (tertiary alicyclic amines) is 1. The number of rotatable bonds is 8. The molecule has 0 bridgehead atoms. The van der Waals surface area contributed by atoms with Crippen molar-refractivity contribution in [1.82, 2.24) is 9.88 Å². The van der Waals surface area contributed by atoms with Crippen LogP contribution in [0.1, 0.15) is 36.1 Å². The van der Waals surface area contributed by atoms with Crippen LogP contribution < -0.4 is 18.9 Å². The Morgan fingerprint density at radius 1 is 0.794 bits per heavy atom. The fourth-order valence-corrected chi connectivity index (χ4v) is 4.59. The minimum atomic E-state index is 0. The molecule has 0 amide bonds. The lowest BCUT2D eigenvalue weighted by Gasteiger charge is -2.28. The molecular weight excluding hydrogens is 475 g/mol. The number of methoxy groups -OCH3 is 4. The van der Waals surface area contributed by atoms with Crippen LogP contribution >= 0.6 is 24.8 Å². The number of pyridine rings is 1. The van der Waals surface area contributed by atoms with E-state index < -0.39 is 0 Å². The first-order chi connectivity index (χ1) is 15.7. The summed E-state index contributed by atoms with van der Waals surface area (Å²) in [7, 11) is 6.72. The second-order valence-electron chi connectivity index (χ2n) is 8.14. The maximum atomic E-state index is 5.83. The summed E-state index contributed by atoms with van der Waals surface area (Å²) in [4.78, 5) is 7.25. The zero-order chi connectivity index (χ0) is 22.5. The molecule has 0 saturated carbocycles. The molecule has 1 saturated heterocycles. The van der Waals surface area contributed by atoms with E-state index in [4.69, 9.17) is 23.9 Å². The predicted octanol–water partition coefficient (Wildman–Crippen LogP) is 5.69. The number of piperidine rings is 1. The third-order valence-electron chi connectivity index (χ3n) is 6.28. The highest BCUT2D eigenvalue weighted by Gasteiger charge is 2.20. The molecule has 1 aliphatic heterocycles. The Hall–Kier alpha value is -2.41. The van der Waals surface area contributed by atoms with E-state index in [1.807, 2.05) is 30.5 Å². The highest BCUT2D eigenvalue weighted by molar-refractivity contribution is 5.88. The normalized spacial score (nSPS) is 13.5. The molecule has 0 aliphatic carbocycles. The van der Waals surface area contributed by atoms with E-state index >= 15 is 0 Å². The Morgan fingerprint density at radius 2 is 1.47 bits per heavy atom. The van der Waals surface area contributed by atoms with E-state index in [0.29, 0.717) is 17.9 Å². The number of ether oxygens (including phenoxy) is 4. The number of fused-ring (bicyclic) bond motifs is 1. The SMILES string of the molecule is COc1cc2ccnc(Cc3ccc(OC)c(OC)c3CN3CCCCC3)c2cc1OC.Cl.Cl. The van der Waals surface area contributed by atoms with Crippen molar-refractivity contribution in [1.29, 1.82) is 0 Å². The molecule has 1 aliphatic rings. The molecule has 186 valence electrons. The third kappa shape index (κ3) is 5.80. The molecule has 0 atom stereocenters. The molecule has 34 heavy (non-hydrogen) atoms. The summed E-state index contributed by atoms with van der Waals surface area (Å²) in [5.41, 5.74) is 3.37. The number of aromatic nitrogens is 1. The molecule has 3 aromatic rings. The average molecular weight is 509 g/mol. The van der Waals surface area contributed by atoms with Crippen molar-refractivity contribution in [2.24, 2.45) is 0 Å². The molecule has 1 fully saturated rings. The summed E-state index contributed by atoms with van der Waals surface area (Å²) in [5.74, 6) is 3.00. The highest BCUT2D eigenvalue weighted by atomic mass is 35.5. The van der Waals surface area contributed by atoms with E-state index in [9.17, 15) is 0 Å². The maximum absolute atomic E-state index is 5.83. The fraction of sp³-hybridized carbons (Fsp3) is 0.423. The van der Waals surface area contributed by atoms with Crippen molar-refractivity contribution in [2.75, 3.05) is 41.5 Å². The minimum Gasteiger partial charge on any atom is -0.493 e. The summed E-state index contributed by atoms with van der Waals surface area (Å²) in [6.07, 6.45) is 6.34. The van der Waals surface area contributed by atoms with Crippen molar-refractivity contribution in [3.63, 3.8) is 0 Å². The second kappa shape index (κ2) is 12.9. The van der Waals surface area contributed by atoms with E-state index in [0.717, 1.165) is 47.6 Å². The average Bonchev–Trinajstić information content (AvgIpc) is 2.84. The molecule has 0 N–H and O–H groups in total. The highest BCUT2D eigenvalue weighted by Crippen LogP contribution is 2.37. The van der Waals surface area contributed by atoms with Crippen LogP contribution in [0.5, 0.6) is 23.0 Å². The van der Waals surface area contributed by atoms with Gasteiger partial charge in [0.2, 0.25) is 0 Å². The number of nitrogens with zero attached hydrogens (tertiary/aromatic N) is 2. The van der Waals surface area contributed by atoms with E-state index in [2.05, 4.69) is 11.0 Å². The van der Waals surface area contributed by atoms with Gasteiger partial charge in [-0.25, -0.2) is 0 Å². The number of hydrogen-bond donors (Lipinski definition) is 0. The molecule has 2 heterocycles. The summed E-state index contributed by atoms with van der Waals surface area (Å²) < 4.78 is 22.5. The minimum absolute atomic E-state index is 0. The molecule has 8 heteroatoms. The van der Waals surface area contributed by atoms with Crippen LogP contribution in [0.3, 0.4) is 0 Å². The number of benzene rings is 2. The molecule has 0 spiro atoms. The first-order valence-corrected chi connectivity index (χ1v) is 11.1. The van der Waals surface area contributed by atoms with Gasteiger partial charge in [0.1, 0.15) is 0 Å². The van der Waals surface area contributed by atoms with Crippen molar-refractivity contribution >= 4 is 35.6 Å². The van der Waals surface area contributed by atoms with Gasteiger partial charge < -0.3 is 18.9 Å². The molecule has 6 nitrogen and oxygen atoms in total. The quantitative estimate of drug-likeness (QED) is 0.389. The first-order valence-electron chi connectivity index (χ1n) is 11.1. The van der Waals surface area contributed by atoms with Crippen LogP contribution in [0.4, 0.5) is 0 Å². The maximum Gasteiger partial charge on any atom is 0.165 e. The molecular formula is C26H34Cl2N2O4. The second-order valence-corrected chi connectivity index (χ2v) is 8.14. The van der Waals surface area contributed by atoms with Crippen molar-refractivity contribution < 1.29 is 18.9 Å². The lowest BCUT2D eigenvalue weighted by atomic mass is 9.97. The lowest BCUT2D eigenvalue weighted by Crippen LogP contribution is -2.29. The monoisotopic (exact) mass is 508 g/mol. The van der Waals surface area contributed by atoms with Crippen LogP contribution in [0.25, 0.3) is 10.8 Å². The molecule has 1 aromatic heterocycles. The largest absolute Gasteiger partial charge is 0.493 e. The Labute approximate surface area is 214 Å². The lowest BCUT2D eigenvalue weighted by molar-refractivity contribution is 0.216. The van der Waals surface area contributed by atoms with Crippen molar-refractivity contribution in [3.8, 4) is 23.0 Å². The third-order valence-corrected chi connectivity index (χ3v) is 6.28. The van der Waals surface area contributed by atoms with Gasteiger partial charge >= 0.3 is 0 Å². The smallest absolute Gasteiger partial charge is 0.165 e. The summed E-state index contributed by atoms with van der Waals surface area (Å²) in [6.45, 7) is 3.07. The zero-order valence-corrected chi connectivity index (χ0v) is 21.9. The van der Waals surface area contributed by atoms with Gasteiger partial charge in [-0.2, -0.15) is 0 Å². The molecule has 4 rings (SSSR count). The summed E-state index contributed by atoms with van der Waals surface area (Å²) in [6, 6.07) is 10.2. The van der Waals surface area contributed by atoms with Crippen molar-refractivity contribution in [3.05, 3.63) is 53.3 Å². The van der Waals surface area contributed by atoms with Gasteiger partial charge in [0, 0.05) is 30.1 Å². The van der Waals surface area contributed by atoms with Crippen molar-refractivity contribution in [2.45, 2.75) is 32.2 Å². The zero-order valence-electron chi connectivity index (χ0n) is 20.3. The van der Waals surface area contributed by atoms with E-state index in [1.165, 1.54) is 30.4 Å². The molecule has 0 unspecified atom stereocenters. The summed E-state index contributed by atoms with van der Waals surface area (Å²) in [5, 5.41) is 2.13. The van der Waals surface area contributed by atoms with Crippen LogP contribution in [-0.2, 0) is 13.0 Å². The van der Waals surface area contributed by atoms with Gasteiger partial charge in [-0.05, 0) is 61.1 Å². The fourth-order valence-electron chi connectivity index (χ4n) is 4.59. The van der Waals surface area contributed by atoms with Gasteiger partial charge in [0.05, 0.1) is 34.1 Å². The van der Waals surface area contributed by atoms with Gasteiger partial charge in [0.15, 0.2) is 23.0 Å². The number of halogens is 2. The summed E-state index contributed by atoms with van der Waals surface area (Å²) >= 11 is 0. The van der Waals surface area contributed by atoms with Gasteiger partial charge in [-0.15, -0.1) is 24.8 Å². The van der Waals surface area contributed by atoms with Crippen LogP contribution in [0.15, 0.2) is 36.5 Å². The van der Waals surface area contributed by atoms with E-state index in [-0.39, 0.29) is 24.8 Å².